The minimum Gasteiger partial charge on any atom is -0.359 e. The summed E-state index contributed by atoms with van der Waals surface area (Å²) in [6.07, 6.45) is 5.49. The molecule has 1 aliphatic heterocycles. The van der Waals surface area contributed by atoms with Crippen molar-refractivity contribution in [2.24, 2.45) is 5.92 Å². The normalized spacial score (nSPS) is 40.1. The number of hydrogen-bond acceptors (Lipinski definition) is 2. The van der Waals surface area contributed by atoms with E-state index in [9.17, 15) is 0 Å². The van der Waals surface area contributed by atoms with Crippen LogP contribution in [-0.2, 0) is 4.74 Å². The number of nitrogens with one attached hydrogen (secondary N) is 1. The van der Waals surface area contributed by atoms with E-state index in [2.05, 4.69) is 12.2 Å². The molecule has 0 amide bonds. The zero-order chi connectivity index (χ0) is 7.73. The van der Waals surface area contributed by atoms with Crippen LogP contribution in [0.2, 0.25) is 0 Å². The van der Waals surface area contributed by atoms with Gasteiger partial charge in [0.15, 0.2) is 0 Å². The standard InChI is InChI=1S/C9H17NO/c1-9(10-6-7-11-9)8-4-2-3-5-8/h8,10H,2-7H2,1H3. The molecule has 1 saturated heterocycles. The van der Waals surface area contributed by atoms with Crippen molar-refractivity contribution in [2.75, 3.05) is 13.2 Å². The molecule has 1 saturated carbocycles. The monoisotopic (exact) mass is 155 g/mol. The summed E-state index contributed by atoms with van der Waals surface area (Å²) >= 11 is 0. The second-order valence-corrected chi connectivity index (χ2v) is 3.86. The summed E-state index contributed by atoms with van der Waals surface area (Å²) in [7, 11) is 0. The average Bonchev–Trinajstić information content (AvgIpc) is 2.55. The van der Waals surface area contributed by atoms with Crippen molar-refractivity contribution in [3.63, 3.8) is 0 Å². The second kappa shape index (κ2) is 2.76. The Hall–Kier alpha value is -0.0800. The largest absolute Gasteiger partial charge is 0.359 e. The third kappa shape index (κ3) is 1.30. The van der Waals surface area contributed by atoms with Crippen LogP contribution in [0.25, 0.3) is 0 Å². The molecule has 0 bridgehead atoms. The molecule has 2 rings (SSSR count). The maximum Gasteiger partial charge on any atom is 0.119 e. The summed E-state index contributed by atoms with van der Waals surface area (Å²) in [6, 6.07) is 0. The smallest absolute Gasteiger partial charge is 0.119 e. The van der Waals surface area contributed by atoms with Gasteiger partial charge in [-0.05, 0) is 19.8 Å². The predicted octanol–water partition coefficient (Wildman–Crippen LogP) is 1.51. The van der Waals surface area contributed by atoms with Crippen LogP contribution in [0.5, 0.6) is 0 Å². The minimum atomic E-state index is 0.0243. The van der Waals surface area contributed by atoms with Gasteiger partial charge in [-0.25, -0.2) is 0 Å². The summed E-state index contributed by atoms with van der Waals surface area (Å²) in [4.78, 5) is 0. The molecular formula is C9H17NO. The summed E-state index contributed by atoms with van der Waals surface area (Å²) in [5.41, 5.74) is 0.0243. The van der Waals surface area contributed by atoms with Crippen molar-refractivity contribution in [2.45, 2.75) is 38.3 Å². The van der Waals surface area contributed by atoms with Crippen molar-refractivity contribution in [1.29, 1.82) is 0 Å². The lowest BCUT2D eigenvalue weighted by molar-refractivity contribution is -0.0408. The van der Waals surface area contributed by atoms with Gasteiger partial charge in [-0.15, -0.1) is 0 Å². The quantitative estimate of drug-likeness (QED) is 0.619. The first-order valence-electron chi connectivity index (χ1n) is 4.70. The van der Waals surface area contributed by atoms with Gasteiger partial charge < -0.3 is 4.74 Å². The number of hydrogen-bond donors (Lipinski definition) is 1. The maximum absolute atomic E-state index is 5.71. The van der Waals surface area contributed by atoms with E-state index in [1.54, 1.807) is 0 Å². The van der Waals surface area contributed by atoms with Crippen LogP contribution in [0.15, 0.2) is 0 Å². The first kappa shape index (κ1) is 7.56. The first-order chi connectivity index (χ1) is 5.31. The van der Waals surface area contributed by atoms with E-state index in [1.165, 1.54) is 25.7 Å². The zero-order valence-corrected chi connectivity index (χ0v) is 7.23. The van der Waals surface area contributed by atoms with Gasteiger partial charge in [0.2, 0.25) is 0 Å². The fourth-order valence-electron chi connectivity index (χ4n) is 2.35. The lowest BCUT2D eigenvalue weighted by Gasteiger charge is -2.30. The van der Waals surface area contributed by atoms with Crippen LogP contribution in [0.3, 0.4) is 0 Å². The van der Waals surface area contributed by atoms with Gasteiger partial charge in [0, 0.05) is 12.5 Å². The fraction of sp³-hybridized carbons (Fsp3) is 1.00. The van der Waals surface area contributed by atoms with Crippen LogP contribution < -0.4 is 5.32 Å². The van der Waals surface area contributed by atoms with Gasteiger partial charge in [-0.1, -0.05) is 12.8 Å². The molecule has 1 aliphatic carbocycles. The van der Waals surface area contributed by atoms with Crippen molar-refractivity contribution in [3.8, 4) is 0 Å². The molecule has 0 aromatic heterocycles. The fourth-order valence-corrected chi connectivity index (χ4v) is 2.35. The molecule has 0 spiro atoms. The van der Waals surface area contributed by atoms with Gasteiger partial charge in [0.25, 0.3) is 0 Å². The highest BCUT2D eigenvalue weighted by Gasteiger charge is 2.39. The van der Waals surface area contributed by atoms with Gasteiger partial charge in [-0.3, -0.25) is 5.32 Å². The number of rotatable bonds is 1. The van der Waals surface area contributed by atoms with E-state index in [-0.39, 0.29) is 5.72 Å². The highest BCUT2D eigenvalue weighted by molar-refractivity contribution is 4.88. The summed E-state index contributed by atoms with van der Waals surface area (Å²) in [6.45, 7) is 4.13. The molecule has 0 radical (unpaired) electrons. The van der Waals surface area contributed by atoms with Gasteiger partial charge in [-0.2, -0.15) is 0 Å². The molecule has 0 aromatic carbocycles. The SMILES string of the molecule is CC1(C2CCCC2)NCCO1. The second-order valence-electron chi connectivity index (χ2n) is 3.86. The summed E-state index contributed by atoms with van der Waals surface area (Å²) in [5, 5.41) is 3.45. The molecular weight excluding hydrogens is 138 g/mol. The minimum absolute atomic E-state index is 0.0243. The first-order valence-corrected chi connectivity index (χ1v) is 4.70. The van der Waals surface area contributed by atoms with E-state index in [0.717, 1.165) is 19.1 Å². The summed E-state index contributed by atoms with van der Waals surface area (Å²) < 4.78 is 5.71. The lowest BCUT2D eigenvalue weighted by atomic mass is 9.96. The van der Waals surface area contributed by atoms with E-state index < -0.39 is 0 Å². The average molecular weight is 155 g/mol. The zero-order valence-electron chi connectivity index (χ0n) is 7.23. The third-order valence-corrected chi connectivity index (χ3v) is 3.11. The third-order valence-electron chi connectivity index (χ3n) is 3.11. The Balaban J connectivity index is 2.00. The van der Waals surface area contributed by atoms with Crippen LogP contribution in [-0.4, -0.2) is 18.9 Å². The van der Waals surface area contributed by atoms with Crippen molar-refractivity contribution >= 4 is 0 Å². The Morgan fingerprint density at radius 2 is 2.09 bits per heavy atom. The molecule has 11 heavy (non-hydrogen) atoms. The maximum atomic E-state index is 5.71. The van der Waals surface area contributed by atoms with Crippen molar-refractivity contribution in [3.05, 3.63) is 0 Å². The van der Waals surface area contributed by atoms with Crippen LogP contribution in [0.1, 0.15) is 32.6 Å². The molecule has 2 fully saturated rings. The van der Waals surface area contributed by atoms with E-state index in [0.29, 0.717) is 0 Å². The van der Waals surface area contributed by atoms with Crippen LogP contribution >= 0.6 is 0 Å². The van der Waals surface area contributed by atoms with E-state index in [4.69, 9.17) is 4.74 Å². The van der Waals surface area contributed by atoms with Crippen LogP contribution in [0, 0.1) is 5.92 Å². The number of ether oxygens (including phenoxy) is 1. The Labute approximate surface area is 68.3 Å². The molecule has 1 unspecified atom stereocenters. The van der Waals surface area contributed by atoms with E-state index in [1.807, 2.05) is 0 Å². The Morgan fingerprint density at radius 1 is 1.36 bits per heavy atom. The molecule has 1 atom stereocenters. The van der Waals surface area contributed by atoms with Crippen molar-refractivity contribution in [1.82, 2.24) is 5.32 Å². The molecule has 2 heteroatoms. The van der Waals surface area contributed by atoms with Gasteiger partial charge in [0.05, 0.1) is 6.61 Å². The molecule has 1 N–H and O–H groups in total. The Bertz CT molecular complexity index is 134. The highest BCUT2D eigenvalue weighted by atomic mass is 16.5. The Morgan fingerprint density at radius 3 is 2.64 bits per heavy atom. The molecule has 64 valence electrons. The predicted molar refractivity (Wildman–Crippen MR) is 44.3 cm³/mol. The van der Waals surface area contributed by atoms with Crippen LogP contribution in [0.4, 0.5) is 0 Å². The van der Waals surface area contributed by atoms with Gasteiger partial charge >= 0.3 is 0 Å². The summed E-state index contributed by atoms with van der Waals surface area (Å²) in [5.74, 6) is 0.769. The molecule has 1 heterocycles. The topological polar surface area (TPSA) is 21.3 Å². The molecule has 0 aromatic rings. The van der Waals surface area contributed by atoms with Gasteiger partial charge in [0.1, 0.15) is 5.72 Å². The molecule has 2 nitrogen and oxygen atoms in total. The van der Waals surface area contributed by atoms with Crippen molar-refractivity contribution < 1.29 is 4.74 Å². The highest BCUT2D eigenvalue weighted by Crippen LogP contribution is 2.35. The lowest BCUT2D eigenvalue weighted by Crippen LogP contribution is -2.44. The molecule has 2 aliphatic rings. The Kier molecular flexibility index (Phi) is 1.90. The van der Waals surface area contributed by atoms with E-state index >= 15 is 0 Å².